The van der Waals surface area contributed by atoms with E-state index in [0.29, 0.717) is 0 Å². The maximum Gasteiger partial charge on any atom is 0.339 e. The van der Waals surface area contributed by atoms with Crippen molar-refractivity contribution in [3.05, 3.63) is 11.3 Å². The van der Waals surface area contributed by atoms with Crippen molar-refractivity contribution in [2.75, 3.05) is 0 Å². The van der Waals surface area contributed by atoms with Crippen molar-refractivity contribution in [2.45, 2.75) is 26.0 Å². The van der Waals surface area contributed by atoms with Gasteiger partial charge in [0.05, 0.1) is 5.57 Å². The fourth-order valence-corrected chi connectivity index (χ4v) is 1.02. The molecule has 1 heterocycles. The van der Waals surface area contributed by atoms with E-state index in [1.165, 1.54) is 0 Å². The number of carbonyl (C=O) groups excluding carboxylic acids is 1. The Labute approximate surface area is 64.6 Å². The van der Waals surface area contributed by atoms with Gasteiger partial charge in [-0.15, -0.1) is 0 Å². The third-order valence-electron chi connectivity index (χ3n) is 1.62. The van der Waals surface area contributed by atoms with E-state index in [1.807, 2.05) is 0 Å². The van der Waals surface area contributed by atoms with Gasteiger partial charge in [0, 0.05) is 6.04 Å². The lowest BCUT2D eigenvalue weighted by atomic mass is 10.1. The van der Waals surface area contributed by atoms with E-state index >= 15 is 0 Å². The molecule has 0 aromatic heterocycles. The first-order valence-corrected chi connectivity index (χ1v) is 3.43. The zero-order valence-corrected chi connectivity index (χ0v) is 6.50. The first-order chi connectivity index (χ1) is 5.04. The normalized spacial score (nSPS) is 27.2. The van der Waals surface area contributed by atoms with Gasteiger partial charge in [0.25, 0.3) is 0 Å². The van der Waals surface area contributed by atoms with Crippen LogP contribution in [0.5, 0.6) is 0 Å². The van der Waals surface area contributed by atoms with Gasteiger partial charge in [0.15, 0.2) is 6.10 Å². The van der Waals surface area contributed by atoms with Crippen LogP contribution < -0.4 is 5.73 Å². The summed E-state index contributed by atoms with van der Waals surface area (Å²) in [5.74, 6) is -0.546. The van der Waals surface area contributed by atoms with Gasteiger partial charge in [-0.3, -0.25) is 0 Å². The molecule has 11 heavy (non-hydrogen) atoms. The number of aliphatic hydroxyl groups is 1. The van der Waals surface area contributed by atoms with Crippen LogP contribution in [0.3, 0.4) is 0 Å². The van der Waals surface area contributed by atoms with E-state index in [4.69, 9.17) is 10.5 Å². The Morgan fingerprint density at radius 1 is 1.73 bits per heavy atom. The molecule has 0 aliphatic carbocycles. The third-order valence-corrected chi connectivity index (χ3v) is 1.62. The first kappa shape index (κ1) is 8.07. The minimum absolute atomic E-state index is 0.0370. The Morgan fingerprint density at radius 2 is 2.27 bits per heavy atom. The van der Waals surface area contributed by atoms with Crippen LogP contribution in [0, 0.1) is 0 Å². The summed E-state index contributed by atoms with van der Waals surface area (Å²) < 4.78 is 4.70. The van der Waals surface area contributed by atoms with Crippen LogP contribution in [0.1, 0.15) is 13.8 Å². The lowest BCUT2D eigenvalue weighted by molar-refractivity contribution is -0.139. The summed E-state index contributed by atoms with van der Waals surface area (Å²) in [4.78, 5) is 10.9. The van der Waals surface area contributed by atoms with E-state index in [-0.39, 0.29) is 11.3 Å². The zero-order valence-electron chi connectivity index (χ0n) is 6.50. The SMILES string of the molecule is CC(N)C1=C(O)C(C)OC1=O. The highest BCUT2D eigenvalue weighted by atomic mass is 16.6. The summed E-state index contributed by atoms with van der Waals surface area (Å²) in [6.45, 7) is 3.23. The minimum atomic E-state index is -0.538. The topological polar surface area (TPSA) is 72.6 Å². The highest BCUT2D eigenvalue weighted by Gasteiger charge is 2.32. The van der Waals surface area contributed by atoms with Crippen LogP contribution in [0.2, 0.25) is 0 Å². The predicted molar refractivity (Wildman–Crippen MR) is 38.9 cm³/mol. The maximum atomic E-state index is 10.9. The monoisotopic (exact) mass is 157 g/mol. The van der Waals surface area contributed by atoms with Crippen LogP contribution in [0.25, 0.3) is 0 Å². The average molecular weight is 157 g/mol. The molecule has 4 nitrogen and oxygen atoms in total. The molecule has 0 amide bonds. The number of hydrogen-bond acceptors (Lipinski definition) is 4. The Hall–Kier alpha value is -1.03. The summed E-state index contributed by atoms with van der Waals surface area (Å²) in [5, 5.41) is 9.25. The molecule has 0 aromatic rings. The van der Waals surface area contributed by atoms with Crippen molar-refractivity contribution in [2.24, 2.45) is 5.73 Å². The molecular weight excluding hydrogens is 146 g/mol. The molecule has 4 heteroatoms. The van der Waals surface area contributed by atoms with Gasteiger partial charge in [-0.25, -0.2) is 4.79 Å². The average Bonchev–Trinajstić information content (AvgIpc) is 2.07. The highest BCUT2D eigenvalue weighted by molar-refractivity contribution is 5.92. The number of cyclic esters (lactones) is 1. The number of hydrogen-bond donors (Lipinski definition) is 2. The second-order valence-electron chi connectivity index (χ2n) is 2.64. The second-order valence-corrected chi connectivity index (χ2v) is 2.64. The molecule has 2 atom stereocenters. The number of carbonyl (C=O) groups is 1. The quantitative estimate of drug-likeness (QED) is 0.529. The molecule has 0 fully saturated rings. The van der Waals surface area contributed by atoms with Crippen molar-refractivity contribution < 1.29 is 14.6 Å². The fraction of sp³-hybridized carbons (Fsp3) is 0.571. The van der Waals surface area contributed by atoms with Gasteiger partial charge in [-0.1, -0.05) is 0 Å². The van der Waals surface area contributed by atoms with E-state index in [0.717, 1.165) is 0 Å². The van der Waals surface area contributed by atoms with Gasteiger partial charge in [-0.2, -0.15) is 0 Å². The van der Waals surface area contributed by atoms with Crippen LogP contribution in [0.4, 0.5) is 0 Å². The zero-order chi connectivity index (χ0) is 8.59. The molecule has 0 saturated heterocycles. The Bertz CT molecular complexity index is 220. The number of esters is 1. The summed E-state index contributed by atoms with van der Waals surface area (Å²) in [7, 11) is 0. The van der Waals surface area contributed by atoms with Gasteiger partial charge in [0.2, 0.25) is 0 Å². The van der Waals surface area contributed by atoms with E-state index in [9.17, 15) is 9.90 Å². The lowest BCUT2D eigenvalue weighted by Gasteiger charge is -2.01. The molecule has 1 aliphatic rings. The largest absolute Gasteiger partial charge is 0.508 e. The first-order valence-electron chi connectivity index (χ1n) is 3.43. The van der Waals surface area contributed by atoms with E-state index < -0.39 is 18.1 Å². The van der Waals surface area contributed by atoms with Gasteiger partial charge in [0.1, 0.15) is 5.76 Å². The Morgan fingerprint density at radius 3 is 2.45 bits per heavy atom. The van der Waals surface area contributed by atoms with Crippen LogP contribution in [-0.4, -0.2) is 23.2 Å². The van der Waals surface area contributed by atoms with Crippen LogP contribution >= 0.6 is 0 Å². The Kier molecular flexibility index (Phi) is 1.87. The van der Waals surface area contributed by atoms with E-state index in [2.05, 4.69) is 0 Å². The van der Waals surface area contributed by atoms with Crippen molar-refractivity contribution in [1.82, 2.24) is 0 Å². The third kappa shape index (κ3) is 1.21. The molecule has 0 radical (unpaired) electrons. The molecule has 1 rings (SSSR count). The van der Waals surface area contributed by atoms with Crippen molar-refractivity contribution in [3.63, 3.8) is 0 Å². The number of nitrogens with two attached hydrogens (primary N) is 1. The molecule has 0 bridgehead atoms. The predicted octanol–water partition coefficient (Wildman–Crippen LogP) is 0.0910. The van der Waals surface area contributed by atoms with Crippen LogP contribution in [-0.2, 0) is 9.53 Å². The fourth-order valence-electron chi connectivity index (χ4n) is 1.02. The van der Waals surface area contributed by atoms with Crippen molar-refractivity contribution in [1.29, 1.82) is 0 Å². The van der Waals surface area contributed by atoms with Gasteiger partial charge < -0.3 is 15.6 Å². The summed E-state index contributed by atoms with van der Waals surface area (Å²) in [6.07, 6.45) is -0.538. The molecule has 0 spiro atoms. The molecular formula is C7H11NO3. The lowest BCUT2D eigenvalue weighted by Crippen LogP contribution is -2.22. The van der Waals surface area contributed by atoms with Crippen molar-refractivity contribution in [3.8, 4) is 0 Å². The molecule has 0 aromatic carbocycles. The van der Waals surface area contributed by atoms with Crippen LogP contribution in [0.15, 0.2) is 11.3 Å². The van der Waals surface area contributed by atoms with E-state index in [1.54, 1.807) is 13.8 Å². The number of rotatable bonds is 1. The highest BCUT2D eigenvalue weighted by Crippen LogP contribution is 2.21. The Balaban J connectivity index is 2.97. The second kappa shape index (κ2) is 2.54. The molecule has 3 N–H and O–H groups in total. The standard InChI is InChI=1S/C7H11NO3/c1-3(8)5-6(9)4(2)11-7(5)10/h3-4,9H,8H2,1-2H3. The van der Waals surface area contributed by atoms with Gasteiger partial charge in [-0.05, 0) is 13.8 Å². The minimum Gasteiger partial charge on any atom is -0.508 e. The summed E-state index contributed by atoms with van der Waals surface area (Å²) in [6, 6.07) is -0.465. The summed E-state index contributed by atoms with van der Waals surface area (Å²) >= 11 is 0. The maximum absolute atomic E-state index is 10.9. The summed E-state index contributed by atoms with van der Waals surface area (Å²) in [5.41, 5.74) is 5.61. The molecule has 62 valence electrons. The van der Waals surface area contributed by atoms with Gasteiger partial charge >= 0.3 is 5.97 Å². The number of ether oxygens (including phenoxy) is 1. The van der Waals surface area contributed by atoms with Crippen molar-refractivity contribution >= 4 is 5.97 Å². The molecule has 0 saturated carbocycles. The molecule has 1 aliphatic heterocycles. The number of aliphatic hydroxyl groups excluding tert-OH is 1. The smallest absolute Gasteiger partial charge is 0.339 e. The molecule has 2 unspecified atom stereocenters.